The summed E-state index contributed by atoms with van der Waals surface area (Å²) in [5, 5.41) is 12.3. The van der Waals surface area contributed by atoms with E-state index in [9.17, 15) is 4.79 Å². The average molecular weight is 234 g/mol. The van der Waals surface area contributed by atoms with E-state index in [0.29, 0.717) is 11.7 Å². The van der Waals surface area contributed by atoms with Crippen molar-refractivity contribution in [2.45, 2.75) is 26.7 Å². The van der Waals surface area contributed by atoms with E-state index in [1.165, 1.54) is 12.8 Å². The van der Waals surface area contributed by atoms with Gasteiger partial charge in [-0.1, -0.05) is 6.92 Å². The monoisotopic (exact) mass is 234 g/mol. The normalized spacial score (nSPS) is 16.6. The molecule has 92 valence electrons. The number of carboxylic acids is 1. The second-order valence-corrected chi connectivity index (χ2v) is 4.85. The van der Waals surface area contributed by atoms with Crippen molar-refractivity contribution < 1.29 is 9.90 Å². The van der Waals surface area contributed by atoms with Crippen molar-refractivity contribution in [1.29, 1.82) is 0 Å². The van der Waals surface area contributed by atoms with E-state index in [2.05, 4.69) is 17.2 Å². The molecule has 0 spiro atoms. The van der Waals surface area contributed by atoms with Crippen LogP contribution in [0.3, 0.4) is 0 Å². The first-order chi connectivity index (χ1) is 8.09. The second kappa shape index (κ2) is 4.73. The number of pyridine rings is 1. The van der Waals surface area contributed by atoms with Gasteiger partial charge in [0.25, 0.3) is 0 Å². The van der Waals surface area contributed by atoms with Gasteiger partial charge in [-0.2, -0.15) is 0 Å². The van der Waals surface area contributed by atoms with Gasteiger partial charge in [-0.25, -0.2) is 9.78 Å². The topological polar surface area (TPSA) is 62.2 Å². The van der Waals surface area contributed by atoms with Crippen LogP contribution in [0.2, 0.25) is 0 Å². The van der Waals surface area contributed by atoms with Crippen molar-refractivity contribution in [2.75, 3.05) is 11.9 Å². The number of hydrogen-bond acceptors (Lipinski definition) is 3. The molecular formula is C13H18N2O2. The Morgan fingerprint density at radius 3 is 2.94 bits per heavy atom. The van der Waals surface area contributed by atoms with Gasteiger partial charge in [0, 0.05) is 12.7 Å². The summed E-state index contributed by atoms with van der Waals surface area (Å²) in [6.07, 6.45) is 4.25. The fraction of sp³-hybridized carbons (Fsp3) is 0.538. The van der Waals surface area contributed by atoms with E-state index in [0.717, 1.165) is 18.0 Å². The lowest BCUT2D eigenvalue weighted by molar-refractivity contribution is 0.0697. The maximum atomic E-state index is 11.2. The highest BCUT2D eigenvalue weighted by Crippen LogP contribution is 2.36. The van der Waals surface area contributed by atoms with Gasteiger partial charge in [0.1, 0.15) is 11.4 Å². The van der Waals surface area contributed by atoms with Crippen LogP contribution in [-0.4, -0.2) is 22.6 Å². The number of hydrogen-bond donors (Lipinski definition) is 2. The molecule has 0 amide bonds. The van der Waals surface area contributed by atoms with Crippen molar-refractivity contribution in [2.24, 2.45) is 11.8 Å². The summed E-state index contributed by atoms with van der Waals surface area (Å²) < 4.78 is 0. The van der Waals surface area contributed by atoms with E-state index in [4.69, 9.17) is 5.11 Å². The number of nitrogens with zero attached hydrogens (tertiary/aromatic N) is 1. The van der Waals surface area contributed by atoms with Crippen LogP contribution in [0.5, 0.6) is 0 Å². The van der Waals surface area contributed by atoms with Gasteiger partial charge in [-0.05, 0) is 43.2 Å². The van der Waals surface area contributed by atoms with Crippen LogP contribution in [0.25, 0.3) is 0 Å². The van der Waals surface area contributed by atoms with Crippen molar-refractivity contribution in [3.05, 3.63) is 23.4 Å². The van der Waals surface area contributed by atoms with Crippen LogP contribution in [0.1, 0.15) is 35.7 Å². The predicted molar refractivity (Wildman–Crippen MR) is 66.3 cm³/mol. The zero-order valence-electron chi connectivity index (χ0n) is 10.2. The minimum Gasteiger partial charge on any atom is -0.478 e. The highest BCUT2D eigenvalue weighted by Gasteiger charge is 2.27. The van der Waals surface area contributed by atoms with E-state index >= 15 is 0 Å². The Kier molecular flexibility index (Phi) is 3.31. The molecule has 0 aromatic carbocycles. The third-order valence-corrected chi connectivity index (χ3v) is 3.39. The quantitative estimate of drug-likeness (QED) is 0.821. The number of aromatic nitrogens is 1. The lowest BCUT2D eigenvalue weighted by Crippen LogP contribution is -2.16. The van der Waals surface area contributed by atoms with Gasteiger partial charge in [0.2, 0.25) is 0 Å². The number of anilines is 1. The summed E-state index contributed by atoms with van der Waals surface area (Å²) in [5.74, 6) is 0.960. The highest BCUT2D eigenvalue weighted by atomic mass is 16.4. The summed E-state index contributed by atoms with van der Waals surface area (Å²) in [5.41, 5.74) is 1.03. The van der Waals surface area contributed by atoms with Crippen molar-refractivity contribution >= 4 is 11.8 Å². The molecule has 1 saturated carbocycles. The van der Waals surface area contributed by atoms with Gasteiger partial charge in [0.15, 0.2) is 0 Å². The number of carbonyl (C=O) groups is 1. The molecular weight excluding hydrogens is 216 g/mol. The van der Waals surface area contributed by atoms with Crippen molar-refractivity contribution in [3.8, 4) is 0 Å². The van der Waals surface area contributed by atoms with E-state index in [1.54, 1.807) is 19.2 Å². The molecule has 0 saturated heterocycles. The van der Waals surface area contributed by atoms with Gasteiger partial charge < -0.3 is 10.4 Å². The number of carboxylic acid groups (broad SMARTS) is 1. The SMILES string of the molecule is Cc1ccnc(NCC(C)C2CC2)c1C(=O)O. The molecule has 0 radical (unpaired) electrons. The zero-order valence-corrected chi connectivity index (χ0v) is 10.2. The number of rotatable bonds is 5. The number of aryl methyl sites for hydroxylation is 1. The molecule has 1 atom stereocenters. The third-order valence-electron chi connectivity index (χ3n) is 3.39. The van der Waals surface area contributed by atoms with Gasteiger partial charge in [-0.3, -0.25) is 0 Å². The third kappa shape index (κ3) is 2.75. The molecule has 17 heavy (non-hydrogen) atoms. The largest absolute Gasteiger partial charge is 0.478 e. The second-order valence-electron chi connectivity index (χ2n) is 4.85. The Balaban J connectivity index is 2.08. The zero-order chi connectivity index (χ0) is 12.4. The lowest BCUT2D eigenvalue weighted by Gasteiger charge is -2.14. The summed E-state index contributed by atoms with van der Waals surface area (Å²) in [4.78, 5) is 15.3. The standard InChI is InChI=1S/C13H18N2O2/c1-8-5-6-14-12(11(8)13(16)17)15-7-9(2)10-3-4-10/h5-6,9-10H,3-4,7H2,1-2H3,(H,14,15)(H,16,17). The summed E-state index contributed by atoms with van der Waals surface area (Å²) in [6, 6.07) is 1.72. The van der Waals surface area contributed by atoms with Crippen molar-refractivity contribution in [3.63, 3.8) is 0 Å². The van der Waals surface area contributed by atoms with Crippen molar-refractivity contribution in [1.82, 2.24) is 4.98 Å². The van der Waals surface area contributed by atoms with Gasteiger partial charge in [-0.15, -0.1) is 0 Å². The number of nitrogens with one attached hydrogen (secondary N) is 1. The number of aromatic carboxylic acids is 1. The van der Waals surface area contributed by atoms with Crippen LogP contribution < -0.4 is 5.32 Å². The van der Waals surface area contributed by atoms with Gasteiger partial charge in [0.05, 0.1) is 0 Å². The Morgan fingerprint density at radius 2 is 2.35 bits per heavy atom. The molecule has 0 aliphatic heterocycles. The molecule has 1 aliphatic rings. The molecule has 1 aromatic rings. The lowest BCUT2D eigenvalue weighted by atomic mass is 10.1. The predicted octanol–water partition coefficient (Wildman–Crippen LogP) is 2.55. The molecule has 2 N–H and O–H groups in total. The van der Waals surface area contributed by atoms with Crippen LogP contribution in [-0.2, 0) is 0 Å². The molecule has 1 unspecified atom stereocenters. The summed E-state index contributed by atoms with van der Waals surface area (Å²) >= 11 is 0. The first-order valence-corrected chi connectivity index (χ1v) is 6.02. The fourth-order valence-corrected chi connectivity index (χ4v) is 2.05. The van der Waals surface area contributed by atoms with Gasteiger partial charge >= 0.3 is 5.97 Å². The average Bonchev–Trinajstić information content (AvgIpc) is 3.08. The van der Waals surface area contributed by atoms with Crippen LogP contribution in [0, 0.1) is 18.8 Å². The first kappa shape index (κ1) is 11.9. The fourth-order valence-electron chi connectivity index (χ4n) is 2.05. The first-order valence-electron chi connectivity index (χ1n) is 6.02. The maximum Gasteiger partial charge on any atom is 0.339 e. The molecule has 1 aromatic heterocycles. The molecule has 4 nitrogen and oxygen atoms in total. The molecule has 4 heteroatoms. The van der Waals surface area contributed by atoms with E-state index in [-0.39, 0.29) is 5.56 Å². The molecule has 2 rings (SSSR count). The van der Waals surface area contributed by atoms with Crippen LogP contribution in [0.15, 0.2) is 12.3 Å². The summed E-state index contributed by atoms with van der Waals surface area (Å²) in [7, 11) is 0. The highest BCUT2D eigenvalue weighted by molar-refractivity contribution is 5.94. The molecule has 1 fully saturated rings. The van der Waals surface area contributed by atoms with E-state index < -0.39 is 5.97 Å². The minimum atomic E-state index is -0.919. The molecule has 1 aliphatic carbocycles. The Morgan fingerprint density at radius 1 is 1.65 bits per heavy atom. The Labute approximate surface area is 101 Å². The summed E-state index contributed by atoms with van der Waals surface area (Å²) in [6.45, 7) is 4.78. The minimum absolute atomic E-state index is 0.287. The van der Waals surface area contributed by atoms with Crippen LogP contribution in [0.4, 0.5) is 5.82 Å². The Hall–Kier alpha value is -1.58. The molecule has 1 heterocycles. The maximum absolute atomic E-state index is 11.2. The molecule has 0 bridgehead atoms. The van der Waals surface area contributed by atoms with Crippen LogP contribution >= 0.6 is 0 Å². The van der Waals surface area contributed by atoms with E-state index in [1.807, 2.05) is 0 Å². The Bertz CT molecular complexity index is 427. The smallest absolute Gasteiger partial charge is 0.339 e.